The Morgan fingerprint density at radius 1 is 1.15 bits per heavy atom. The summed E-state index contributed by atoms with van der Waals surface area (Å²) in [5.41, 5.74) is 7.54. The Morgan fingerprint density at radius 2 is 1.80 bits per heavy atom. The van der Waals surface area contributed by atoms with E-state index in [2.05, 4.69) is 37.6 Å². The van der Waals surface area contributed by atoms with Gasteiger partial charge in [-0.2, -0.15) is 4.98 Å². The molecule has 0 bridgehead atoms. The number of hydrogen-bond donors (Lipinski definition) is 1. The molecular formula is C15H21N3O2. The number of ether oxygens (including phenoxy) is 1. The molecule has 3 rings (SSSR count). The predicted molar refractivity (Wildman–Crippen MR) is 79.9 cm³/mol. The molecule has 20 heavy (non-hydrogen) atoms. The molecule has 108 valence electrons. The molecule has 0 aliphatic carbocycles. The zero-order valence-corrected chi connectivity index (χ0v) is 12.4. The number of anilines is 2. The van der Waals surface area contributed by atoms with Crippen LogP contribution in [0.5, 0.6) is 0 Å². The van der Waals surface area contributed by atoms with Crippen molar-refractivity contribution in [1.82, 2.24) is 4.98 Å². The fourth-order valence-electron chi connectivity index (χ4n) is 2.99. The van der Waals surface area contributed by atoms with E-state index in [4.69, 9.17) is 14.9 Å². The standard InChI is InChI=1S/C15H21N3O2/c1-14(2)8-18(9-15(3,4)20-14)13-17-11-6-5-10(16)7-12(11)19-13/h5-7H,8-9,16H2,1-4H3. The monoisotopic (exact) mass is 275 g/mol. The first kappa shape index (κ1) is 13.2. The lowest BCUT2D eigenvalue weighted by molar-refractivity contribution is -0.133. The van der Waals surface area contributed by atoms with Crippen LogP contribution < -0.4 is 10.6 Å². The summed E-state index contributed by atoms with van der Waals surface area (Å²) in [6.07, 6.45) is 0. The van der Waals surface area contributed by atoms with Crippen LogP contribution in [0.1, 0.15) is 27.7 Å². The Bertz CT molecular complexity index is 630. The third-order valence-corrected chi connectivity index (χ3v) is 3.37. The van der Waals surface area contributed by atoms with Crippen molar-refractivity contribution in [3.05, 3.63) is 18.2 Å². The number of nitrogens with two attached hydrogens (primary N) is 1. The third-order valence-electron chi connectivity index (χ3n) is 3.37. The molecule has 1 aliphatic rings. The van der Waals surface area contributed by atoms with E-state index in [0.29, 0.717) is 11.7 Å². The molecule has 2 heterocycles. The van der Waals surface area contributed by atoms with E-state index in [1.54, 1.807) is 0 Å². The average Bonchev–Trinajstić information content (AvgIpc) is 2.67. The molecule has 1 saturated heterocycles. The summed E-state index contributed by atoms with van der Waals surface area (Å²) in [7, 11) is 0. The van der Waals surface area contributed by atoms with Crippen molar-refractivity contribution in [3.63, 3.8) is 0 Å². The van der Waals surface area contributed by atoms with Crippen molar-refractivity contribution in [3.8, 4) is 0 Å². The zero-order chi connectivity index (χ0) is 14.5. The van der Waals surface area contributed by atoms with Gasteiger partial charge in [0.2, 0.25) is 0 Å². The van der Waals surface area contributed by atoms with Gasteiger partial charge in [-0.15, -0.1) is 0 Å². The second-order valence-corrected chi connectivity index (χ2v) is 6.70. The first-order chi connectivity index (χ1) is 9.24. The summed E-state index contributed by atoms with van der Waals surface area (Å²) in [5, 5.41) is 0. The summed E-state index contributed by atoms with van der Waals surface area (Å²) in [4.78, 5) is 6.70. The van der Waals surface area contributed by atoms with Gasteiger partial charge in [-0.05, 0) is 39.8 Å². The third kappa shape index (κ3) is 2.45. The Morgan fingerprint density at radius 3 is 2.45 bits per heavy atom. The van der Waals surface area contributed by atoms with E-state index >= 15 is 0 Å². The summed E-state index contributed by atoms with van der Waals surface area (Å²) in [5.74, 6) is 0. The van der Waals surface area contributed by atoms with Crippen LogP contribution in [0.15, 0.2) is 22.6 Å². The molecule has 1 fully saturated rings. The molecule has 5 heteroatoms. The van der Waals surface area contributed by atoms with Crippen molar-refractivity contribution in [1.29, 1.82) is 0 Å². The van der Waals surface area contributed by atoms with Crippen LogP contribution in [0.4, 0.5) is 11.7 Å². The van der Waals surface area contributed by atoms with Gasteiger partial charge in [-0.25, -0.2) is 0 Å². The molecule has 0 saturated carbocycles. The van der Waals surface area contributed by atoms with Gasteiger partial charge in [0.25, 0.3) is 6.01 Å². The number of rotatable bonds is 1. The topological polar surface area (TPSA) is 64.5 Å². The van der Waals surface area contributed by atoms with E-state index < -0.39 is 0 Å². The Hall–Kier alpha value is -1.75. The summed E-state index contributed by atoms with van der Waals surface area (Å²) >= 11 is 0. The second kappa shape index (κ2) is 4.12. The van der Waals surface area contributed by atoms with Crippen LogP contribution in [0.3, 0.4) is 0 Å². The van der Waals surface area contributed by atoms with Crippen LogP contribution >= 0.6 is 0 Å². The number of fused-ring (bicyclic) bond motifs is 1. The number of aromatic nitrogens is 1. The molecule has 1 aromatic heterocycles. The molecule has 0 spiro atoms. The molecule has 2 N–H and O–H groups in total. The summed E-state index contributed by atoms with van der Waals surface area (Å²) < 4.78 is 11.9. The van der Waals surface area contributed by atoms with Crippen LogP contribution in [0, 0.1) is 0 Å². The van der Waals surface area contributed by atoms with Gasteiger partial charge < -0.3 is 19.8 Å². The lowest BCUT2D eigenvalue weighted by Gasteiger charge is -2.46. The largest absolute Gasteiger partial charge is 0.423 e. The van der Waals surface area contributed by atoms with Gasteiger partial charge in [0.05, 0.1) is 24.3 Å². The van der Waals surface area contributed by atoms with Gasteiger partial charge in [0, 0.05) is 11.8 Å². The molecule has 0 atom stereocenters. The summed E-state index contributed by atoms with van der Waals surface area (Å²) in [6, 6.07) is 6.16. The van der Waals surface area contributed by atoms with E-state index in [-0.39, 0.29) is 11.2 Å². The highest BCUT2D eigenvalue weighted by molar-refractivity contribution is 5.78. The summed E-state index contributed by atoms with van der Waals surface area (Å²) in [6.45, 7) is 9.84. The van der Waals surface area contributed by atoms with Crippen molar-refractivity contribution < 1.29 is 9.15 Å². The first-order valence-electron chi connectivity index (χ1n) is 6.85. The lowest BCUT2D eigenvalue weighted by Crippen LogP contribution is -2.57. The second-order valence-electron chi connectivity index (χ2n) is 6.70. The fraction of sp³-hybridized carbons (Fsp3) is 0.533. The molecule has 0 amide bonds. The number of benzene rings is 1. The minimum absolute atomic E-state index is 0.235. The lowest BCUT2D eigenvalue weighted by atomic mass is 9.99. The fourth-order valence-corrected chi connectivity index (χ4v) is 2.99. The van der Waals surface area contributed by atoms with Crippen molar-refractivity contribution in [2.45, 2.75) is 38.9 Å². The number of nitrogen functional groups attached to an aromatic ring is 1. The maximum atomic E-state index is 6.07. The Balaban J connectivity index is 1.97. The van der Waals surface area contributed by atoms with Gasteiger partial charge >= 0.3 is 0 Å². The van der Waals surface area contributed by atoms with Crippen molar-refractivity contribution in [2.75, 3.05) is 23.7 Å². The average molecular weight is 275 g/mol. The molecule has 0 unspecified atom stereocenters. The number of morpholine rings is 1. The highest BCUT2D eigenvalue weighted by Crippen LogP contribution is 2.32. The first-order valence-corrected chi connectivity index (χ1v) is 6.85. The number of nitrogens with zero attached hydrogens (tertiary/aromatic N) is 2. The maximum absolute atomic E-state index is 6.07. The highest BCUT2D eigenvalue weighted by Gasteiger charge is 2.39. The Kier molecular flexibility index (Phi) is 2.73. The normalized spacial score (nSPS) is 21.3. The highest BCUT2D eigenvalue weighted by atomic mass is 16.5. The minimum Gasteiger partial charge on any atom is -0.423 e. The van der Waals surface area contributed by atoms with Crippen LogP contribution in [-0.2, 0) is 4.74 Å². The van der Waals surface area contributed by atoms with E-state index in [0.717, 1.165) is 24.2 Å². The quantitative estimate of drug-likeness (QED) is 0.811. The van der Waals surface area contributed by atoms with Crippen molar-refractivity contribution >= 4 is 22.8 Å². The van der Waals surface area contributed by atoms with Crippen LogP contribution in [0.25, 0.3) is 11.1 Å². The van der Waals surface area contributed by atoms with E-state index in [9.17, 15) is 0 Å². The van der Waals surface area contributed by atoms with E-state index in [1.165, 1.54) is 0 Å². The van der Waals surface area contributed by atoms with Crippen LogP contribution in [-0.4, -0.2) is 29.3 Å². The van der Waals surface area contributed by atoms with Gasteiger partial charge in [0.15, 0.2) is 5.58 Å². The van der Waals surface area contributed by atoms with E-state index in [1.807, 2.05) is 18.2 Å². The zero-order valence-electron chi connectivity index (χ0n) is 12.4. The van der Waals surface area contributed by atoms with Crippen molar-refractivity contribution in [2.24, 2.45) is 0 Å². The molecule has 0 radical (unpaired) electrons. The van der Waals surface area contributed by atoms with Gasteiger partial charge in [0.1, 0.15) is 5.52 Å². The van der Waals surface area contributed by atoms with Gasteiger partial charge in [-0.1, -0.05) is 0 Å². The molecular weight excluding hydrogens is 254 g/mol. The maximum Gasteiger partial charge on any atom is 0.298 e. The molecule has 1 aliphatic heterocycles. The molecule has 1 aromatic carbocycles. The SMILES string of the molecule is CC1(C)CN(c2nc3ccc(N)cc3o2)CC(C)(C)O1. The Labute approximate surface area is 118 Å². The smallest absolute Gasteiger partial charge is 0.298 e. The predicted octanol–water partition coefficient (Wildman–Crippen LogP) is 2.80. The number of oxazole rings is 1. The molecule has 2 aromatic rings. The minimum atomic E-state index is -0.235. The van der Waals surface area contributed by atoms with Gasteiger partial charge in [-0.3, -0.25) is 0 Å². The van der Waals surface area contributed by atoms with Crippen LogP contribution in [0.2, 0.25) is 0 Å². The molecule has 5 nitrogen and oxygen atoms in total. The number of hydrogen-bond acceptors (Lipinski definition) is 5.